The Bertz CT molecular complexity index is 999. The van der Waals surface area contributed by atoms with E-state index < -0.39 is 0 Å². The van der Waals surface area contributed by atoms with Crippen molar-refractivity contribution in [1.29, 1.82) is 0 Å². The van der Waals surface area contributed by atoms with Crippen LogP contribution in [0, 0.1) is 13.8 Å². The van der Waals surface area contributed by atoms with Crippen molar-refractivity contribution in [1.82, 2.24) is 9.97 Å². The number of fused-ring (bicyclic) bond motifs is 4. The van der Waals surface area contributed by atoms with E-state index in [0.717, 1.165) is 33.1 Å². The number of ether oxygens (including phenoxy) is 1. The van der Waals surface area contributed by atoms with Crippen LogP contribution in [0.5, 0.6) is 5.75 Å². The summed E-state index contributed by atoms with van der Waals surface area (Å²) >= 11 is 0. The number of methoxy groups -OCH3 is 1. The van der Waals surface area contributed by atoms with Crippen LogP contribution in [0.15, 0.2) is 36.4 Å². The van der Waals surface area contributed by atoms with Gasteiger partial charge in [0, 0.05) is 27.4 Å². The highest BCUT2D eigenvalue weighted by atomic mass is 16.5. The van der Waals surface area contributed by atoms with Crippen LogP contribution in [0.4, 0.5) is 0 Å². The molecule has 21 heavy (non-hydrogen) atoms. The average Bonchev–Trinajstić information content (AvgIpc) is 2.82. The SMILES string of the molecule is COc1ccc2nc3cc4c(C)cc(C)[nH]c4cc3c2c1. The van der Waals surface area contributed by atoms with E-state index in [0.29, 0.717) is 0 Å². The van der Waals surface area contributed by atoms with Gasteiger partial charge in [-0.3, -0.25) is 0 Å². The Morgan fingerprint density at radius 2 is 1.71 bits per heavy atom. The molecule has 0 aliphatic rings. The molecule has 3 nitrogen and oxygen atoms in total. The van der Waals surface area contributed by atoms with Crippen LogP contribution in [-0.4, -0.2) is 17.1 Å². The van der Waals surface area contributed by atoms with Gasteiger partial charge in [-0.15, -0.1) is 0 Å². The van der Waals surface area contributed by atoms with Gasteiger partial charge < -0.3 is 9.72 Å². The normalized spacial score (nSPS) is 11.6. The van der Waals surface area contributed by atoms with E-state index in [1.165, 1.54) is 16.6 Å². The Morgan fingerprint density at radius 3 is 2.52 bits per heavy atom. The van der Waals surface area contributed by atoms with Crippen LogP contribution in [0.3, 0.4) is 0 Å². The number of hydrogen-bond donors (Lipinski definition) is 1. The molecule has 0 bridgehead atoms. The second-order valence-corrected chi connectivity index (χ2v) is 5.55. The number of aromatic amines is 1. The molecule has 1 N–H and O–H groups in total. The van der Waals surface area contributed by atoms with E-state index >= 15 is 0 Å². The minimum atomic E-state index is 0.862. The zero-order valence-corrected chi connectivity index (χ0v) is 12.3. The third-order valence-electron chi connectivity index (χ3n) is 4.06. The van der Waals surface area contributed by atoms with E-state index in [1.807, 2.05) is 12.1 Å². The smallest absolute Gasteiger partial charge is 0.119 e. The van der Waals surface area contributed by atoms with Gasteiger partial charge in [0.2, 0.25) is 0 Å². The van der Waals surface area contributed by atoms with E-state index in [1.54, 1.807) is 7.11 Å². The first kappa shape index (κ1) is 12.2. The molecule has 104 valence electrons. The second-order valence-electron chi connectivity index (χ2n) is 5.55. The maximum atomic E-state index is 5.33. The molecule has 2 aromatic carbocycles. The lowest BCUT2D eigenvalue weighted by molar-refractivity contribution is 0.415. The molecule has 3 heteroatoms. The number of pyridine rings is 1. The molecule has 0 amide bonds. The van der Waals surface area contributed by atoms with Crippen LogP contribution in [0.25, 0.3) is 32.7 Å². The first-order valence-corrected chi connectivity index (χ1v) is 7.03. The third-order valence-corrected chi connectivity index (χ3v) is 4.06. The third kappa shape index (κ3) is 1.77. The van der Waals surface area contributed by atoms with Gasteiger partial charge in [-0.05, 0) is 55.8 Å². The monoisotopic (exact) mass is 276 g/mol. The van der Waals surface area contributed by atoms with Crippen molar-refractivity contribution < 1.29 is 4.74 Å². The molecule has 0 saturated carbocycles. The highest BCUT2D eigenvalue weighted by molar-refractivity contribution is 6.12. The summed E-state index contributed by atoms with van der Waals surface area (Å²) in [7, 11) is 1.69. The lowest BCUT2D eigenvalue weighted by Gasteiger charge is -2.05. The number of rotatable bonds is 1. The first-order chi connectivity index (χ1) is 10.2. The standard InChI is InChI=1S/C18H16N2O/c1-10-6-11(2)19-17-9-15-14-7-12(21-3)4-5-16(14)20-18(15)8-13(10)17/h4-9,19H,1-3H3. The van der Waals surface area contributed by atoms with Gasteiger partial charge in [0.15, 0.2) is 0 Å². The molecule has 0 radical (unpaired) electrons. The van der Waals surface area contributed by atoms with Gasteiger partial charge in [0.05, 0.1) is 18.1 Å². The van der Waals surface area contributed by atoms with Crippen molar-refractivity contribution in [3.05, 3.63) is 47.7 Å². The van der Waals surface area contributed by atoms with Crippen LogP contribution in [0.1, 0.15) is 11.3 Å². The maximum Gasteiger partial charge on any atom is 0.119 e. The molecule has 0 fully saturated rings. The topological polar surface area (TPSA) is 37.9 Å². The molecule has 0 atom stereocenters. The molecular weight excluding hydrogens is 260 g/mol. The van der Waals surface area contributed by atoms with Crippen molar-refractivity contribution in [2.75, 3.05) is 7.11 Å². The number of aromatic nitrogens is 2. The number of benzene rings is 2. The van der Waals surface area contributed by atoms with Crippen molar-refractivity contribution in [2.45, 2.75) is 13.8 Å². The van der Waals surface area contributed by atoms with Crippen LogP contribution >= 0.6 is 0 Å². The zero-order valence-electron chi connectivity index (χ0n) is 12.3. The van der Waals surface area contributed by atoms with E-state index in [-0.39, 0.29) is 0 Å². The highest BCUT2D eigenvalue weighted by Gasteiger charge is 2.09. The minimum absolute atomic E-state index is 0.862. The Kier molecular flexibility index (Phi) is 2.45. The summed E-state index contributed by atoms with van der Waals surface area (Å²) < 4.78 is 5.33. The van der Waals surface area contributed by atoms with E-state index in [9.17, 15) is 0 Å². The number of aryl methyl sites for hydroxylation is 2. The molecule has 0 spiro atoms. The largest absolute Gasteiger partial charge is 0.497 e. The Hall–Kier alpha value is -2.55. The molecule has 4 aromatic rings. The predicted molar refractivity (Wildman–Crippen MR) is 87.1 cm³/mol. The van der Waals surface area contributed by atoms with Crippen LogP contribution in [-0.2, 0) is 0 Å². The summed E-state index contributed by atoms with van der Waals surface area (Å²) in [4.78, 5) is 8.18. The van der Waals surface area contributed by atoms with E-state index in [4.69, 9.17) is 9.72 Å². The Morgan fingerprint density at radius 1 is 0.905 bits per heavy atom. The van der Waals surface area contributed by atoms with Gasteiger partial charge in [-0.1, -0.05) is 0 Å². The first-order valence-electron chi connectivity index (χ1n) is 7.03. The summed E-state index contributed by atoms with van der Waals surface area (Å²) in [5, 5.41) is 3.53. The lowest BCUT2D eigenvalue weighted by atomic mass is 10.1. The van der Waals surface area contributed by atoms with Crippen LogP contribution in [0.2, 0.25) is 0 Å². The summed E-state index contributed by atoms with van der Waals surface area (Å²) in [5.41, 5.74) is 5.63. The molecule has 0 aliphatic carbocycles. The van der Waals surface area contributed by atoms with Crippen LogP contribution < -0.4 is 4.74 Å². The Labute approximate surface area is 122 Å². The summed E-state index contributed by atoms with van der Waals surface area (Å²) in [6, 6.07) is 12.6. The number of hydrogen-bond acceptors (Lipinski definition) is 2. The number of nitrogens with one attached hydrogen (secondary N) is 1. The summed E-state index contributed by atoms with van der Waals surface area (Å²) in [6.07, 6.45) is 0. The zero-order chi connectivity index (χ0) is 14.6. The Balaban J connectivity index is 2.16. The fraction of sp³-hybridized carbons (Fsp3) is 0.167. The molecule has 2 aromatic heterocycles. The second kappa shape index (κ2) is 4.22. The number of nitrogens with zero attached hydrogens (tertiary/aromatic N) is 1. The van der Waals surface area contributed by atoms with Crippen molar-refractivity contribution in [3.8, 4) is 5.75 Å². The van der Waals surface area contributed by atoms with Crippen molar-refractivity contribution >= 4 is 32.7 Å². The summed E-state index contributed by atoms with van der Waals surface area (Å²) in [6.45, 7) is 4.22. The molecular formula is C18H16N2O. The van der Waals surface area contributed by atoms with Gasteiger partial charge >= 0.3 is 0 Å². The van der Waals surface area contributed by atoms with Crippen molar-refractivity contribution in [3.63, 3.8) is 0 Å². The molecule has 0 saturated heterocycles. The van der Waals surface area contributed by atoms with Gasteiger partial charge in [0.1, 0.15) is 5.75 Å². The molecule has 0 unspecified atom stereocenters. The quantitative estimate of drug-likeness (QED) is 0.556. The molecule has 2 heterocycles. The molecule has 4 rings (SSSR count). The fourth-order valence-corrected chi connectivity index (χ4v) is 3.06. The lowest BCUT2D eigenvalue weighted by Crippen LogP contribution is -1.87. The summed E-state index contributed by atoms with van der Waals surface area (Å²) in [5.74, 6) is 0.862. The molecule has 0 aliphatic heterocycles. The predicted octanol–water partition coefficient (Wildman–Crippen LogP) is 4.49. The average molecular weight is 276 g/mol. The van der Waals surface area contributed by atoms with Crippen molar-refractivity contribution in [2.24, 2.45) is 0 Å². The van der Waals surface area contributed by atoms with Gasteiger partial charge in [-0.2, -0.15) is 0 Å². The van der Waals surface area contributed by atoms with E-state index in [2.05, 4.69) is 43.1 Å². The maximum absolute atomic E-state index is 5.33. The highest BCUT2D eigenvalue weighted by Crippen LogP contribution is 2.32. The van der Waals surface area contributed by atoms with Gasteiger partial charge in [-0.25, -0.2) is 4.98 Å². The number of H-pyrrole nitrogens is 1. The van der Waals surface area contributed by atoms with Gasteiger partial charge in [0.25, 0.3) is 0 Å². The minimum Gasteiger partial charge on any atom is -0.497 e. The fourth-order valence-electron chi connectivity index (χ4n) is 3.06.